The van der Waals surface area contributed by atoms with Crippen LogP contribution in [0.1, 0.15) is 23.6 Å². The number of nitrogens with one attached hydrogen (secondary N) is 1. The molecule has 0 spiro atoms. The van der Waals surface area contributed by atoms with Gasteiger partial charge in [0.1, 0.15) is 24.0 Å². The van der Waals surface area contributed by atoms with Crippen molar-refractivity contribution in [1.29, 1.82) is 0 Å². The highest BCUT2D eigenvalue weighted by Crippen LogP contribution is 2.31. The molecule has 0 bridgehead atoms. The molecule has 160 valence electrons. The van der Waals surface area contributed by atoms with E-state index in [4.69, 9.17) is 4.74 Å². The molecule has 0 aromatic heterocycles. The van der Waals surface area contributed by atoms with Crippen LogP contribution in [0.5, 0.6) is 5.75 Å². The number of carbonyl (C=O) groups is 2. The fourth-order valence-corrected chi connectivity index (χ4v) is 4.03. The number of rotatable bonds is 6. The van der Waals surface area contributed by atoms with E-state index >= 15 is 0 Å². The summed E-state index contributed by atoms with van der Waals surface area (Å²) >= 11 is 0. The van der Waals surface area contributed by atoms with Gasteiger partial charge >= 0.3 is 6.03 Å². The lowest BCUT2D eigenvalue weighted by molar-refractivity contribution is -0.132. The number of para-hydroxylation sites is 1. The zero-order valence-electron chi connectivity index (χ0n) is 17.9. The predicted octanol–water partition coefficient (Wildman–Crippen LogP) is 3.66. The number of β-amino-alcohol motifs (C(OH)–C–C–N with tert-alkyl or cyclic N) is 1. The van der Waals surface area contributed by atoms with E-state index in [1.54, 1.807) is 6.92 Å². The standard InChI is InChI=1S/C25H26N2O4/c1-16-7-6-8-17(2)22(16)31-15-21(28)14-27-23(29)25(3,26-24(27)30)20-12-11-18-9-4-5-10-19(18)13-20/h4-13,21,28H,14-15H2,1-3H3,(H,26,30). The Balaban J connectivity index is 1.48. The molecule has 0 radical (unpaired) electrons. The first-order valence-electron chi connectivity index (χ1n) is 10.3. The Kier molecular flexibility index (Phi) is 5.41. The second-order valence-electron chi connectivity index (χ2n) is 8.22. The number of urea groups is 1. The molecule has 1 saturated heterocycles. The topological polar surface area (TPSA) is 78.9 Å². The third kappa shape index (κ3) is 3.86. The van der Waals surface area contributed by atoms with Crippen LogP contribution in [0, 0.1) is 13.8 Å². The average molecular weight is 418 g/mol. The summed E-state index contributed by atoms with van der Waals surface area (Å²) in [5.41, 5.74) is 1.44. The molecule has 1 aliphatic rings. The Morgan fingerprint density at radius 2 is 1.68 bits per heavy atom. The lowest BCUT2D eigenvalue weighted by atomic mass is 9.90. The van der Waals surface area contributed by atoms with Gasteiger partial charge in [0, 0.05) is 0 Å². The fourth-order valence-electron chi connectivity index (χ4n) is 4.03. The molecule has 3 aromatic rings. The maximum absolute atomic E-state index is 13.2. The summed E-state index contributed by atoms with van der Waals surface area (Å²) < 4.78 is 5.78. The van der Waals surface area contributed by atoms with Crippen molar-refractivity contribution in [2.75, 3.05) is 13.2 Å². The quantitative estimate of drug-likeness (QED) is 0.599. The largest absolute Gasteiger partial charge is 0.490 e. The lowest BCUT2D eigenvalue weighted by Gasteiger charge is -2.23. The first-order chi connectivity index (χ1) is 14.8. The molecule has 31 heavy (non-hydrogen) atoms. The van der Waals surface area contributed by atoms with Crippen LogP contribution in [-0.2, 0) is 10.3 Å². The Labute approximate surface area is 181 Å². The minimum atomic E-state index is -1.19. The van der Waals surface area contributed by atoms with E-state index in [1.807, 2.05) is 74.5 Å². The van der Waals surface area contributed by atoms with Crippen LogP contribution in [0.25, 0.3) is 10.8 Å². The summed E-state index contributed by atoms with van der Waals surface area (Å²) in [6.07, 6.45) is -1.01. The Morgan fingerprint density at radius 1 is 1.00 bits per heavy atom. The van der Waals surface area contributed by atoms with E-state index in [1.165, 1.54) is 0 Å². The minimum absolute atomic E-state index is 0.0184. The van der Waals surface area contributed by atoms with Crippen molar-refractivity contribution in [1.82, 2.24) is 10.2 Å². The van der Waals surface area contributed by atoms with E-state index in [0.29, 0.717) is 11.3 Å². The molecule has 6 nitrogen and oxygen atoms in total. The van der Waals surface area contributed by atoms with E-state index < -0.39 is 17.7 Å². The zero-order chi connectivity index (χ0) is 22.2. The second-order valence-corrected chi connectivity index (χ2v) is 8.22. The van der Waals surface area contributed by atoms with Crippen molar-refractivity contribution in [3.63, 3.8) is 0 Å². The highest BCUT2D eigenvalue weighted by Gasteiger charge is 2.49. The molecule has 2 N–H and O–H groups in total. The third-order valence-corrected chi connectivity index (χ3v) is 5.82. The molecule has 2 atom stereocenters. The number of carbonyl (C=O) groups excluding carboxylic acids is 2. The monoisotopic (exact) mass is 418 g/mol. The van der Waals surface area contributed by atoms with Crippen LogP contribution in [0.3, 0.4) is 0 Å². The summed E-state index contributed by atoms with van der Waals surface area (Å²) in [4.78, 5) is 26.8. The SMILES string of the molecule is Cc1cccc(C)c1OCC(O)CN1C(=O)NC(C)(c2ccc3ccccc3c2)C1=O. The maximum atomic E-state index is 13.2. The molecule has 2 unspecified atom stereocenters. The highest BCUT2D eigenvalue weighted by atomic mass is 16.5. The number of hydrogen-bond acceptors (Lipinski definition) is 4. The number of aliphatic hydroxyl groups excluding tert-OH is 1. The minimum Gasteiger partial charge on any atom is -0.490 e. The molecular weight excluding hydrogens is 392 g/mol. The van der Waals surface area contributed by atoms with Crippen LogP contribution in [0.2, 0.25) is 0 Å². The van der Waals surface area contributed by atoms with Gasteiger partial charge in [0.25, 0.3) is 5.91 Å². The molecule has 0 saturated carbocycles. The van der Waals surface area contributed by atoms with E-state index in [0.717, 1.165) is 26.8 Å². The third-order valence-electron chi connectivity index (χ3n) is 5.82. The van der Waals surface area contributed by atoms with Gasteiger partial charge in [-0.15, -0.1) is 0 Å². The van der Waals surface area contributed by atoms with E-state index in [9.17, 15) is 14.7 Å². The van der Waals surface area contributed by atoms with Crippen LogP contribution >= 0.6 is 0 Å². The van der Waals surface area contributed by atoms with Crippen LogP contribution in [-0.4, -0.2) is 41.2 Å². The average Bonchev–Trinajstić information content (AvgIpc) is 2.97. The molecule has 4 rings (SSSR count). The normalized spacial score (nSPS) is 19.5. The molecular formula is C25H26N2O4. The van der Waals surface area contributed by atoms with Crippen LogP contribution < -0.4 is 10.1 Å². The van der Waals surface area contributed by atoms with Gasteiger partial charge in [0.05, 0.1) is 6.54 Å². The number of aryl methyl sites for hydroxylation is 2. The highest BCUT2D eigenvalue weighted by molar-refractivity contribution is 6.07. The van der Waals surface area contributed by atoms with Crippen molar-refractivity contribution in [3.05, 3.63) is 77.4 Å². The fraction of sp³-hybridized carbons (Fsp3) is 0.280. The number of hydrogen-bond donors (Lipinski definition) is 2. The number of imide groups is 1. The molecule has 1 fully saturated rings. The van der Waals surface area contributed by atoms with Gasteiger partial charge in [-0.25, -0.2) is 4.79 Å². The van der Waals surface area contributed by atoms with Crippen LogP contribution in [0.4, 0.5) is 4.79 Å². The summed E-state index contributed by atoms with van der Waals surface area (Å²) in [7, 11) is 0. The van der Waals surface area contributed by atoms with E-state index in [-0.39, 0.29) is 19.1 Å². The molecule has 3 amide bonds. The predicted molar refractivity (Wildman–Crippen MR) is 119 cm³/mol. The number of ether oxygens (including phenoxy) is 1. The van der Waals surface area contributed by atoms with Gasteiger partial charge in [-0.3, -0.25) is 9.69 Å². The molecule has 1 aliphatic heterocycles. The van der Waals surface area contributed by atoms with Crippen molar-refractivity contribution in [2.24, 2.45) is 0 Å². The second kappa shape index (κ2) is 8.04. The van der Waals surface area contributed by atoms with Gasteiger partial charge < -0.3 is 15.2 Å². The lowest BCUT2D eigenvalue weighted by Crippen LogP contribution is -2.42. The first-order valence-corrected chi connectivity index (χ1v) is 10.3. The smallest absolute Gasteiger partial charge is 0.325 e. The summed E-state index contributed by atoms with van der Waals surface area (Å²) in [5, 5.41) is 15.3. The summed E-state index contributed by atoms with van der Waals surface area (Å²) in [6, 6.07) is 18.8. The number of nitrogens with zero attached hydrogens (tertiary/aromatic N) is 1. The van der Waals surface area contributed by atoms with Gasteiger partial charge in [0.15, 0.2) is 0 Å². The van der Waals surface area contributed by atoms with Crippen molar-refractivity contribution >= 4 is 22.7 Å². The Bertz CT molecular complexity index is 1140. The molecule has 0 aliphatic carbocycles. The summed E-state index contributed by atoms with van der Waals surface area (Å²) in [5.74, 6) is 0.318. The number of benzene rings is 3. The van der Waals surface area contributed by atoms with Gasteiger partial charge in [0.2, 0.25) is 0 Å². The van der Waals surface area contributed by atoms with Crippen molar-refractivity contribution in [2.45, 2.75) is 32.4 Å². The Hall–Kier alpha value is -3.38. The van der Waals surface area contributed by atoms with E-state index in [2.05, 4.69) is 5.32 Å². The zero-order valence-corrected chi connectivity index (χ0v) is 17.9. The van der Waals surface area contributed by atoms with Gasteiger partial charge in [-0.2, -0.15) is 0 Å². The van der Waals surface area contributed by atoms with Crippen molar-refractivity contribution in [3.8, 4) is 5.75 Å². The molecule has 1 heterocycles. The number of fused-ring (bicyclic) bond motifs is 1. The van der Waals surface area contributed by atoms with Crippen LogP contribution in [0.15, 0.2) is 60.7 Å². The van der Waals surface area contributed by atoms with Gasteiger partial charge in [-0.05, 0) is 54.3 Å². The summed E-state index contributed by atoms with van der Waals surface area (Å²) in [6.45, 7) is 5.40. The first kappa shape index (κ1) is 20.9. The molecule has 6 heteroatoms. The number of aliphatic hydroxyl groups is 1. The van der Waals surface area contributed by atoms with Gasteiger partial charge in [-0.1, -0.05) is 54.6 Å². The molecule has 3 aromatic carbocycles. The van der Waals surface area contributed by atoms with Crippen molar-refractivity contribution < 1.29 is 19.4 Å². The number of amides is 3. The maximum Gasteiger partial charge on any atom is 0.325 e. The Morgan fingerprint density at radius 3 is 2.39 bits per heavy atom.